The number of sulfonamides is 1. The lowest BCUT2D eigenvalue weighted by molar-refractivity contribution is -0.237. The number of pyridine rings is 1. The van der Waals surface area contributed by atoms with Crippen LogP contribution in [0.1, 0.15) is 50.2 Å². The highest BCUT2D eigenvalue weighted by atomic mass is 32.2. The normalized spacial score (nSPS) is 18.2. The van der Waals surface area contributed by atoms with E-state index in [9.17, 15) is 31.5 Å². The van der Waals surface area contributed by atoms with Gasteiger partial charge in [-0.25, -0.2) is 22.8 Å². The summed E-state index contributed by atoms with van der Waals surface area (Å²) < 4.78 is 76.0. The number of hydrogen-bond acceptors (Lipinski definition) is 9. The molecule has 1 aliphatic heterocycles. The monoisotopic (exact) mass is 647 g/mol. The molecule has 0 bridgehead atoms. The predicted molar refractivity (Wildman–Crippen MR) is 156 cm³/mol. The molecule has 0 radical (unpaired) electrons. The van der Waals surface area contributed by atoms with E-state index >= 15 is 0 Å². The molecule has 2 N–H and O–H groups in total. The van der Waals surface area contributed by atoms with Crippen molar-refractivity contribution in [3.63, 3.8) is 0 Å². The summed E-state index contributed by atoms with van der Waals surface area (Å²) in [4.78, 5) is 19.9. The lowest BCUT2D eigenvalue weighted by Crippen LogP contribution is -2.43. The molecule has 0 spiro atoms. The molecule has 1 unspecified atom stereocenters. The second-order valence-corrected chi connectivity index (χ2v) is 13.2. The molecule has 1 amide bonds. The lowest BCUT2D eigenvalue weighted by atomic mass is 9.92. The fraction of sp³-hybridized carbons (Fsp3) is 0.538. The van der Waals surface area contributed by atoms with Crippen LogP contribution in [0.2, 0.25) is 0 Å². The van der Waals surface area contributed by atoms with Crippen LogP contribution in [0.15, 0.2) is 35.5 Å². The Balaban J connectivity index is 0.00000506. The van der Waals surface area contributed by atoms with Crippen LogP contribution in [-0.2, 0) is 17.1 Å². The van der Waals surface area contributed by atoms with Crippen LogP contribution in [0.25, 0.3) is 5.82 Å². The summed E-state index contributed by atoms with van der Waals surface area (Å²) in [6, 6.07) is 4.21. The number of amides is 1. The number of ether oxygens (including phenoxy) is 1. The van der Waals surface area contributed by atoms with Gasteiger partial charge in [0.25, 0.3) is 15.9 Å². The maximum absolute atomic E-state index is 13.4. The SMILES string of the molecule is Cc1nn(C)cc1S(=O)(=O)NC(=O)c1ccc(-n2ccc(OCC(C)(CO)C(F)(F)F)n2)nc1N1C[C@@H](C)CC1(C)C.S. The van der Waals surface area contributed by atoms with Gasteiger partial charge in [0.1, 0.15) is 22.7 Å². The number of alkyl halides is 3. The molecule has 0 aliphatic carbocycles. The fourth-order valence-corrected chi connectivity index (χ4v) is 6.13. The number of rotatable bonds is 9. The summed E-state index contributed by atoms with van der Waals surface area (Å²) in [6.45, 7) is 6.92. The maximum Gasteiger partial charge on any atom is 0.399 e. The van der Waals surface area contributed by atoms with Gasteiger partial charge in [0.2, 0.25) is 5.88 Å². The van der Waals surface area contributed by atoms with E-state index in [-0.39, 0.29) is 53.1 Å². The minimum absolute atomic E-state index is 0. The molecule has 0 aromatic carbocycles. The maximum atomic E-state index is 13.4. The first kappa shape index (κ1) is 34.2. The zero-order valence-electron chi connectivity index (χ0n) is 24.6. The molecule has 3 aromatic rings. The van der Waals surface area contributed by atoms with E-state index in [0.29, 0.717) is 6.54 Å². The van der Waals surface area contributed by atoms with Crippen LogP contribution < -0.4 is 14.4 Å². The molecule has 2 atom stereocenters. The molecule has 238 valence electrons. The van der Waals surface area contributed by atoms with E-state index in [1.54, 1.807) is 7.05 Å². The Morgan fingerprint density at radius 1 is 1.23 bits per heavy atom. The van der Waals surface area contributed by atoms with Gasteiger partial charge in [-0.05, 0) is 52.2 Å². The minimum Gasteiger partial charge on any atom is -0.476 e. The van der Waals surface area contributed by atoms with E-state index in [2.05, 4.69) is 26.8 Å². The van der Waals surface area contributed by atoms with Crippen LogP contribution in [-0.4, -0.2) is 75.5 Å². The van der Waals surface area contributed by atoms with Gasteiger partial charge in [0, 0.05) is 37.6 Å². The highest BCUT2D eigenvalue weighted by Gasteiger charge is 2.51. The first-order chi connectivity index (χ1) is 19.4. The van der Waals surface area contributed by atoms with Crippen molar-refractivity contribution >= 4 is 35.2 Å². The number of nitrogens with zero attached hydrogens (tertiary/aromatic N) is 6. The van der Waals surface area contributed by atoms with Crippen molar-refractivity contribution in [2.24, 2.45) is 18.4 Å². The number of aliphatic hydroxyl groups is 1. The lowest BCUT2D eigenvalue weighted by Gasteiger charge is -2.34. The van der Waals surface area contributed by atoms with Gasteiger partial charge < -0.3 is 14.7 Å². The van der Waals surface area contributed by atoms with E-state index in [0.717, 1.165) is 13.3 Å². The van der Waals surface area contributed by atoms with Crippen LogP contribution in [0, 0.1) is 18.3 Å². The van der Waals surface area contributed by atoms with Crippen LogP contribution in [0.4, 0.5) is 19.0 Å². The number of halogens is 3. The van der Waals surface area contributed by atoms with Gasteiger partial charge in [-0.2, -0.15) is 31.8 Å². The van der Waals surface area contributed by atoms with Crippen molar-refractivity contribution < 1.29 is 36.2 Å². The summed E-state index contributed by atoms with van der Waals surface area (Å²) in [5.74, 6) is -0.319. The first-order valence-corrected chi connectivity index (χ1v) is 14.6. The van der Waals surface area contributed by atoms with Gasteiger partial charge >= 0.3 is 6.18 Å². The molecule has 4 heterocycles. The second kappa shape index (κ2) is 12.0. The smallest absolute Gasteiger partial charge is 0.399 e. The van der Waals surface area contributed by atoms with Crippen molar-refractivity contribution in [3.05, 3.63) is 41.9 Å². The summed E-state index contributed by atoms with van der Waals surface area (Å²) in [5, 5.41) is 17.5. The Kier molecular flexibility index (Phi) is 9.54. The summed E-state index contributed by atoms with van der Waals surface area (Å²) in [6.07, 6.45) is -1.18. The highest BCUT2D eigenvalue weighted by Crippen LogP contribution is 2.39. The van der Waals surface area contributed by atoms with Crippen LogP contribution >= 0.6 is 13.5 Å². The number of carbonyl (C=O) groups is 1. The molecular formula is C26H36F3N7O5S2. The molecule has 1 saturated heterocycles. The predicted octanol–water partition coefficient (Wildman–Crippen LogP) is 3.11. The number of hydrogen-bond donors (Lipinski definition) is 2. The zero-order valence-corrected chi connectivity index (χ0v) is 26.4. The van der Waals surface area contributed by atoms with Crippen LogP contribution in [0.5, 0.6) is 5.88 Å². The van der Waals surface area contributed by atoms with Gasteiger partial charge in [-0.1, -0.05) is 6.92 Å². The third-order valence-corrected chi connectivity index (χ3v) is 8.72. The largest absolute Gasteiger partial charge is 0.476 e. The molecule has 4 rings (SSSR count). The average molecular weight is 648 g/mol. The summed E-state index contributed by atoms with van der Waals surface area (Å²) >= 11 is 0. The number of aromatic nitrogens is 5. The molecule has 12 nitrogen and oxygen atoms in total. The first-order valence-electron chi connectivity index (χ1n) is 13.1. The molecule has 1 fully saturated rings. The van der Waals surface area contributed by atoms with Gasteiger partial charge in [0.05, 0.1) is 17.9 Å². The summed E-state index contributed by atoms with van der Waals surface area (Å²) in [5.41, 5.74) is -2.67. The van der Waals surface area contributed by atoms with Crippen molar-refractivity contribution in [2.75, 3.05) is 24.7 Å². The molecule has 17 heteroatoms. The van der Waals surface area contributed by atoms with Crippen LogP contribution in [0.3, 0.4) is 0 Å². The van der Waals surface area contributed by atoms with E-state index in [4.69, 9.17) is 4.74 Å². The number of nitrogens with one attached hydrogen (secondary N) is 1. The summed E-state index contributed by atoms with van der Waals surface area (Å²) in [7, 11) is -2.68. The van der Waals surface area contributed by atoms with Crippen molar-refractivity contribution in [3.8, 4) is 11.7 Å². The molecule has 0 saturated carbocycles. The zero-order chi connectivity index (χ0) is 31.3. The number of anilines is 1. The Hall–Kier alpha value is -3.31. The van der Waals surface area contributed by atoms with Crippen molar-refractivity contribution in [2.45, 2.75) is 57.7 Å². The molecule has 43 heavy (non-hydrogen) atoms. The molecular weight excluding hydrogens is 611 g/mol. The second-order valence-electron chi connectivity index (χ2n) is 11.6. The third-order valence-electron chi connectivity index (χ3n) is 7.29. The van der Waals surface area contributed by atoms with Gasteiger partial charge in [0.15, 0.2) is 5.82 Å². The standard InChI is InChI=1S/C26H34F3N7O5S.H2S/c1-16-11-24(3,4)35(12-16)22-18(23(38)33-42(39,40)19-13-34(6)31-17(19)2)7-8-20(30-22)36-10-9-21(32-36)41-15-25(5,14-37)26(27,28)29;/h7-10,13,16,37H,11-12,14-15H2,1-6H3,(H,33,38);1H2/t16-,25?;/m0./s1. The number of aliphatic hydroxyl groups excluding tert-OH is 1. The number of carbonyl (C=O) groups excluding carboxylic acids is 1. The van der Waals surface area contributed by atoms with E-state index < -0.39 is 46.3 Å². The molecule has 1 aliphatic rings. The van der Waals surface area contributed by atoms with Crippen molar-refractivity contribution in [1.29, 1.82) is 0 Å². The van der Waals surface area contributed by atoms with Gasteiger partial charge in [-0.3, -0.25) is 9.48 Å². The fourth-order valence-electron chi connectivity index (χ4n) is 4.94. The van der Waals surface area contributed by atoms with E-state index in [1.807, 2.05) is 18.7 Å². The average Bonchev–Trinajstić information content (AvgIpc) is 3.57. The number of aryl methyl sites for hydroxylation is 2. The Bertz CT molecular complexity index is 1590. The topological polar surface area (TPSA) is 144 Å². The Labute approximate surface area is 254 Å². The van der Waals surface area contributed by atoms with Crippen molar-refractivity contribution in [1.82, 2.24) is 29.3 Å². The quantitative estimate of drug-likeness (QED) is 0.358. The third kappa shape index (κ3) is 6.93. The Morgan fingerprint density at radius 2 is 1.91 bits per heavy atom. The minimum atomic E-state index is -4.69. The highest BCUT2D eigenvalue weighted by molar-refractivity contribution is 7.90. The molecule has 3 aromatic heterocycles. The van der Waals surface area contributed by atoms with E-state index in [1.165, 1.54) is 46.9 Å². The Morgan fingerprint density at radius 3 is 2.44 bits per heavy atom. The van der Waals surface area contributed by atoms with Gasteiger partial charge in [-0.15, -0.1) is 5.10 Å².